The van der Waals surface area contributed by atoms with Crippen molar-refractivity contribution in [3.05, 3.63) is 12.7 Å². The van der Waals surface area contributed by atoms with E-state index < -0.39 is 0 Å². The minimum absolute atomic E-state index is 0. The van der Waals surface area contributed by atoms with Gasteiger partial charge in [0.05, 0.1) is 6.54 Å². The summed E-state index contributed by atoms with van der Waals surface area (Å²) in [6.07, 6.45) is 5.87. The first-order valence-corrected chi connectivity index (χ1v) is 7.57. The smallest absolute Gasteiger partial charge is 0.191 e. The molecular formula is C15H31IN4. The second kappa shape index (κ2) is 11.4. The Labute approximate surface area is 141 Å². The number of halogens is 1. The summed E-state index contributed by atoms with van der Waals surface area (Å²) in [5, 5.41) is 6.50. The van der Waals surface area contributed by atoms with Crippen molar-refractivity contribution in [3.63, 3.8) is 0 Å². The van der Waals surface area contributed by atoms with E-state index in [9.17, 15) is 0 Å². The van der Waals surface area contributed by atoms with Crippen LogP contribution >= 0.6 is 24.0 Å². The van der Waals surface area contributed by atoms with E-state index in [-0.39, 0.29) is 24.0 Å². The predicted octanol–water partition coefficient (Wildman–Crippen LogP) is 2.61. The zero-order valence-corrected chi connectivity index (χ0v) is 15.5. The van der Waals surface area contributed by atoms with Gasteiger partial charge in [-0.25, -0.2) is 0 Å². The first kappa shape index (κ1) is 19.7. The first-order valence-electron chi connectivity index (χ1n) is 7.57. The van der Waals surface area contributed by atoms with Crippen molar-refractivity contribution >= 4 is 29.9 Å². The van der Waals surface area contributed by atoms with Gasteiger partial charge in [0, 0.05) is 25.2 Å². The molecule has 20 heavy (non-hydrogen) atoms. The lowest BCUT2D eigenvalue weighted by atomic mass is 10.0. The molecule has 1 saturated heterocycles. The highest BCUT2D eigenvalue weighted by Gasteiger charge is 2.22. The Morgan fingerprint density at radius 2 is 2.20 bits per heavy atom. The molecule has 1 rings (SSSR count). The maximum Gasteiger partial charge on any atom is 0.191 e. The SMILES string of the molecule is C=CCNC(=NCC(C)N1CCCCC1C)NCC.I. The third kappa shape index (κ3) is 6.92. The molecule has 2 N–H and O–H groups in total. The van der Waals surface area contributed by atoms with Gasteiger partial charge in [-0.05, 0) is 40.2 Å². The van der Waals surface area contributed by atoms with Gasteiger partial charge in [-0.2, -0.15) is 0 Å². The van der Waals surface area contributed by atoms with Gasteiger partial charge in [0.2, 0.25) is 0 Å². The Bertz CT molecular complexity index is 294. The van der Waals surface area contributed by atoms with E-state index in [1.54, 1.807) is 0 Å². The number of hydrogen-bond acceptors (Lipinski definition) is 2. The minimum atomic E-state index is 0. The summed E-state index contributed by atoms with van der Waals surface area (Å²) in [4.78, 5) is 7.25. The zero-order chi connectivity index (χ0) is 14.1. The normalized spacial score (nSPS) is 21.8. The Hall–Kier alpha value is -0.300. The first-order chi connectivity index (χ1) is 9.19. The lowest BCUT2D eigenvalue weighted by Gasteiger charge is -2.37. The summed E-state index contributed by atoms with van der Waals surface area (Å²) >= 11 is 0. The number of guanidine groups is 1. The van der Waals surface area contributed by atoms with Crippen molar-refractivity contribution in [1.29, 1.82) is 0 Å². The molecule has 0 amide bonds. The van der Waals surface area contributed by atoms with Crippen molar-refractivity contribution < 1.29 is 0 Å². The van der Waals surface area contributed by atoms with Gasteiger partial charge in [0.1, 0.15) is 0 Å². The fourth-order valence-corrected chi connectivity index (χ4v) is 2.61. The fourth-order valence-electron chi connectivity index (χ4n) is 2.61. The van der Waals surface area contributed by atoms with Gasteiger partial charge in [-0.1, -0.05) is 12.5 Å². The molecular weight excluding hydrogens is 363 g/mol. The Morgan fingerprint density at radius 1 is 1.45 bits per heavy atom. The van der Waals surface area contributed by atoms with E-state index >= 15 is 0 Å². The van der Waals surface area contributed by atoms with Crippen LogP contribution in [0.3, 0.4) is 0 Å². The van der Waals surface area contributed by atoms with Crippen molar-refractivity contribution in [2.75, 3.05) is 26.2 Å². The highest BCUT2D eigenvalue weighted by atomic mass is 127. The van der Waals surface area contributed by atoms with Crippen LogP contribution in [0.2, 0.25) is 0 Å². The summed E-state index contributed by atoms with van der Waals surface area (Å²) in [7, 11) is 0. The fraction of sp³-hybridized carbons (Fsp3) is 0.800. The molecule has 0 aliphatic carbocycles. The van der Waals surface area contributed by atoms with Crippen LogP contribution in [0.5, 0.6) is 0 Å². The van der Waals surface area contributed by atoms with Gasteiger partial charge in [-0.15, -0.1) is 30.6 Å². The number of likely N-dealkylation sites (tertiary alicyclic amines) is 1. The number of aliphatic imine (C=N–C) groups is 1. The largest absolute Gasteiger partial charge is 0.357 e. The minimum Gasteiger partial charge on any atom is -0.357 e. The van der Waals surface area contributed by atoms with Crippen molar-refractivity contribution in [3.8, 4) is 0 Å². The Balaban J connectivity index is 0.00000361. The molecule has 0 aromatic carbocycles. The quantitative estimate of drug-likeness (QED) is 0.315. The molecule has 0 aromatic rings. The van der Waals surface area contributed by atoms with E-state index in [2.05, 4.69) is 47.9 Å². The average Bonchev–Trinajstić information content (AvgIpc) is 2.42. The Kier molecular flexibility index (Phi) is 11.2. The molecule has 1 aliphatic heterocycles. The zero-order valence-electron chi connectivity index (χ0n) is 13.2. The summed E-state index contributed by atoms with van der Waals surface area (Å²) < 4.78 is 0. The number of nitrogens with zero attached hydrogens (tertiary/aromatic N) is 2. The van der Waals surface area contributed by atoms with E-state index in [4.69, 9.17) is 0 Å². The summed E-state index contributed by atoms with van der Waals surface area (Å²) in [6.45, 7) is 14.1. The molecule has 0 radical (unpaired) electrons. The van der Waals surface area contributed by atoms with Gasteiger partial charge in [0.25, 0.3) is 0 Å². The average molecular weight is 394 g/mol. The standard InChI is InChI=1S/C15H30N4.HI/c1-5-10-17-15(16-6-2)18-12-14(4)19-11-8-7-9-13(19)3;/h5,13-14H,1,6-12H2,2-4H3,(H2,16,17,18);1H. The molecule has 1 heterocycles. The van der Waals surface area contributed by atoms with E-state index in [1.807, 2.05) is 6.08 Å². The number of piperidine rings is 1. The predicted molar refractivity (Wildman–Crippen MR) is 99.1 cm³/mol. The topological polar surface area (TPSA) is 39.7 Å². The van der Waals surface area contributed by atoms with Crippen molar-refractivity contribution in [1.82, 2.24) is 15.5 Å². The second-order valence-electron chi connectivity index (χ2n) is 5.32. The van der Waals surface area contributed by atoms with Crippen LogP contribution in [0.25, 0.3) is 0 Å². The molecule has 0 aromatic heterocycles. The lowest BCUT2D eigenvalue weighted by molar-refractivity contribution is 0.118. The molecule has 0 spiro atoms. The molecule has 5 heteroatoms. The van der Waals surface area contributed by atoms with Crippen molar-refractivity contribution in [2.24, 2.45) is 4.99 Å². The number of rotatable bonds is 6. The molecule has 1 aliphatic rings. The maximum absolute atomic E-state index is 4.67. The highest BCUT2D eigenvalue weighted by Crippen LogP contribution is 2.18. The number of hydrogen-bond donors (Lipinski definition) is 2. The summed E-state index contributed by atoms with van der Waals surface area (Å²) in [6, 6.07) is 1.21. The third-order valence-electron chi connectivity index (χ3n) is 3.69. The van der Waals surface area contributed by atoms with Crippen LogP contribution < -0.4 is 10.6 Å². The monoisotopic (exact) mass is 394 g/mol. The van der Waals surface area contributed by atoms with Crippen LogP contribution in [0, 0.1) is 0 Å². The van der Waals surface area contributed by atoms with Gasteiger partial charge >= 0.3 is 0 Å². The van der Waals surface area contributed by atoms with Crippen LogP contribution in [0.4, 0.5) is 0 Å². The van der Waals surface area contributed by atoms with Gasteiger partial charge in [-0.3, -0.25) is 9.89 Å². The van der Waals surface area contributed by atoms with E-state index in [1.165, 1.54) is 25.8 Å². The van der Waals surface area contributed by atoms with E-state index in [0.29, 0.717) is 12.1 Å². The van der Waals surface area contributed by atoms with Gasteiger partial charge in [0.15, 0.2) is 5.96 Å². The third-order valence-corrected chi connectivity index (χ3v) is 3.69. The molecule has 118 valence electrons. The molecule has 2 atom stereocenters. The van der Waals surface area contributed by atoms with Crippen LogP contribution in [0.1, 0.15) is 40.0 Å². The molecule has 0 saturated carbocycles. The van der Waals surface area contributed by atoms with Crippen LogP contribution in [-0.2, 0) is 0 Å². The van der Waals surface area contributed by atoms with E-state index in [0.717, 1.165) is 25.6 Å². The molecule has 1 fully saturated rings. The lowest BCUT2D eigenvalue weighted by Crippen LogP contribution is -2.45. The highest BCUT2D eigenvalue weighted by molar-refractivity contribution is 14.0. The summed E-state index contributed by atoms with van der Waals surface area (Å²) in [5.74, 6) is 0.888. The van der Waals surface area contributed by atoms with Gasteiger partial charge < -0.3 is 10.6 Å². The molecule has 2 unspecified atom stereocenters. The molecule has 0 bridgehead atoms. The Morgan fingerprint density at radius 3 is 2.80 bits per heavy atom. The number of nitrogens with one attached hydrogen (secondary N) is 2. The summed E-state index contributed by atoms with van der Waals surface area (Å²) in [5.41, 5.74) is 0. The molecule has 4 nitrogen and oxygen atoms in total. The van der Waals surface area contributed by atoms with Crippen LogP contribution in [-0.4, -0.2) is 49.1 Å². The maximum atomic E-state index is 4.67. The van der Waals surface area contributed by atoms with Crippen LogP contribution in [0.15, 0.2) is 17.6 Å². The second-order valence-corrected chi connectivity index (χ2v) is 5.32. The van der Waals surface area contributed by atoms with Crippen molar-refractivity contribution in [2.45, 2.75) is 52.1 Å².